The van der Waals surface area contributed by atoms with Gasteiger partial charge >= 0.3 is 6.03 Å². The molecule has 2 atom stereocenters. The SMILES string of the molecule is CC(c1cccc(-c2ccccc2)c1)N1CCCC(C)(c2ccccc2)NC1=O. The minimum Gasteiger partial charge on any atom is -0.329 e. The first-order chi connectivity index (χ1) is 14.1. The van der Waals surface area contributed by atoms with E-state index in [4.69, 9.17) is 0 Å². The number of amides is 2. The summed E-state index contributed by atoms with van der Waals surface area (Å²) < 4.78 is 0. The molecule has 0 spiro atoms. The van der Waals surface area contributed by atoms with Crippen LogP contribution in [0.1, 0.15) is 43.9 Å². The molecular weight excluding hydrogens is 356 g/mol. The molecule has 3 aromatic rings. The summed E-state index contributed by atoms with van der Waals surface area (Å²) in [5.74, 6) is 0. The first kappa shape index (κ1) is 19.3. The van der Waals surface area contributed by atoms with Crippen molar-refractivity contribution >= 4 is 6.03 Å². The fourth-order valence-electron chi connectivity index (χ4n) is 4.26. The number of hydrogen-bond donors (Lipinski definition) is 1. The summed E-state index contributed by atoms with van der Waals surface area (Å²) in [4.78, 5) is 15.2. The third-order valence-corrected chi connectivity index (χ3v) is 6.07. The lowest BCUT2D eigenvalue weighted by Gasteiger charge is -2.32. The zero-order valence-corrected chi connectivity index (χ0v) is 17.1. The van der Waals surface area contributed by atoms with Gasteiger partial charge in [-0.05, 0) is 55.0 Å². The first-order valence-electron chi connectivity index (χ1n) is 10.4. The van der Waals surface area contributed by atoms with E-state index in [1.807, 2.05) is 29.2 Å². The Morgan fingerprint density at radius 3 is 2.28 bits per heavy atom. The van der Waals surface area contributed by atoms with Crippen molar-refractivity contribution in [3.05, 3.63) is 96.1 Å². The van der Waals surface area contributed by atoms with E-state index in [0.29, 0.717) is 0 Å². The summed E-state index contributed by atoms with van der Waals surface area (Å²) in [6.45, 7) is 5.00. The van der Waals surface area contributed by atoms with Crippen molar-refractivity contribution < 1.29 is 4.79 Å². The van der Waals surface area contributed by atoms with Gasteiger partial charge < -0.3 is 10.2 Å². The molecule has 1 heterocycles. The van der Waals surface area contributed by atoms with E-state index in [9.17, 15) is 4.79 Å². The molecule has 0 radical (unpaired) electrons. The van der Waals surface area contributed by atoms with E-state index in [1.165, 1.54) is 11.1 Å². The number of nitrogens with zero attached hydrogens (tertiary/aromatic N) is 1. The van der Waals surface area contributed by atoms with Crippen molar-refractivity contribution in [1.29, 1.82) is 0 Å². The first-order valence-corrected chi connectivity index (χ1v) is 10.4. The number of nitrogens with one attached hydrogen (secondary N) is 1. The molecule has 1 aliphatic heterocycles. The molecule has 148 valence electrons. The molecule has 0 aromatic heterocycles. The zero-order valence-electron chi connectivity index (χ0n) is 17.1. The largest absolute Gasteiger partial charge is 0.329 e. The highest BCUT2D eigenvalue weighted by Gasteiger charge is 2.35. The van der Waals surface area contributed by atoms with E-state index >= 15 is 0 Å². The van der Waals surface area contributed by atoms with Crippen LogP contribution >= 0.6 is 0 Å². The Bertz CT molecular complexity index is 970. The van der Waals surface area contributed by atoms with Gasteiger partial charge in [0.15, 0.2) is 0 Å². The van der Waals surface area contributed by atoms with Crippen LogP contribution in [-0.2, 0) is 5.54 Å². The van der Waals surface area contributed by atoms with Gasteiger partial charge in [0, 0.05) is 6.54 Å². The van der Waals surface area contributed by atoms with Gasteiger partial charge in [-0.3, -0.25) is 0 Å². The lowest BCUT2D eigenvalue weighted by atomic mass is 9.88. The van der Waals surface area contributed by atoms with Gasteiger partial charge in [0.2, 0.25) is 0 Å². The summed E-state index contributed by atoms with van der Waals surface area (Å²) in [6.07, 6.45) is 1.89. The van der Waals surface area contributed by atoms with Gasteiger partial charge in [-0.2, -0.15) is 0 Å². The number of carbonyl (C=O) groups is 1. The summed E-state index contributed by atoms with van der Waals surface area (Å²) >= 11 is 0. The summed E-state index contributed by atoms with van der Waals surface area (Å²) in [7, 11) is 0. The molecular formula is C26H28N2O. The fraction of sp³-hybridized carbons (Fsp3) is 0.269. The summed E-state index contributed by atoms with van der Waals surface area (Å²) in [5, 5.41) is 3.31. The maximum Gasteiger partial charge on any atom is 0.318 e. The maximum atomic E-state index is 13.2. The van der Waals surface area contributed by atoms with Crippen molar-refractivity contribution in [2.75, 3.05) is 6.54 Å². The second kappa shape index (κ2) is 8.12. The molecule has 2 unspecified atom stereocenters. The quantitative estimate of drug-likeness (QED) is 0.576. The molecule has 3 nitrogen and oxygen atoms in total. The smallest absolute Gasteiger partial charge is 0.318 e. The average Bonchev–Trinajstić information content (AvgIpc) is 2.93. The van der Waals surface area contributed by atoms with Gasteiger partial charge in [-0.1, -0.05) is 78.9 Å². The molecule has 0 bridgehead atoms. The number of hydrogen-bond acceptors (Lipinski definition) is 1. The van der Waals surface area contributed by atoms with Crippen molar-refractivity contribution in [2.45, 2.75) is 38.3 Å². The zero-order chi connectivity index (χ0) is 20.3. The van der Waals surface area contributed by atoms with Gasteiger partial charge in [0.25, 0.3) is 0 Å². The van der Waals surface area contributed by atoms with Crippen LogP contribution in [0.15, 0.2) is 84.9 Å². The average molecular weight is 385 g/mol. The Morgan fingerprint density at radius 1 is 0.897 bits per heavy atom. The van der Waals surface area contributed by atoms with E-state index in [2.05, 4.69) is 79.8 Å². The van der Waals surface area contributed by atoms with Crippen LogP contribution in [0.3, 0.4) is 0 Å². The van der Waals surface area contributed by atoms with Crippen LogP contribution in [-0.4, -0.2) is 17.5 Å². The molecule has 1 aliphatic rings. The van der Waals surface area contributed by atoms with Crippen LogP contribution < -0.4 is 5.32 Å². The maximum absolute atomic E-state index is 13.2. The summed E-state index contributed by atoms with van der Waals surface area (Å²) in [5.41, 5.74) is 4.36. The number of urea groups is 1. The van der Waals surface area contributed by atoms with Gasteiger partial charge in [-0.25, -0.2) is 4.79 Å². The number of rotatable bonds is 4. The van der Waals surface area contributed by atoms with Crippen LogP contribution in [0, 0.1) is 0 Å². The standard InChI is InChI=1S/C26H28N2O/c1-20(22-13-9-14-23(19-22)21-11-5-3-6-12-21)28-18-10-17-26(2,27-25(28)29)24-15-7-4-8-16-24/h3-9,11-16,19-20H,10,17-18H2,1-2H3,(H,27,29). The third kappa shape index (κ3) is 4.04. The Labute approximate surface area is 173 Å². The molecule has 0 saturated carbocycles. The van der Waals surface area contributed by atoms with Crippen molar-refractivity contribution in [3.63, 3.8) is 0 Å². The van der Waals surface area contributed by atoms with Crippen molar-refractivity contribution in [1.82, 2.24) is 10.2 Å². The predicted octanol–water partition coefficient (Wildman–Crippen LogP) is 6.14. The van der Waals surface area contributed by atoms with E-state index < -0.39 is 0 Å². The third-order valence-electron chi connectivity index (χ3n) is 6.07. The Hall–Kier alpha value is -3.07. The van der Waals surface area contributed by atoms with Gasteiger partial charge in [0.1, 0.15) is 0 Å². The molecule has 1 fully saturated rings. The molecule has 1 saturated heterocycles. The van der Waals surface area contributed by atoms with Gasteiger partial charge in [0.05, 0.1) is 11.6 Å². The molecule has 2 amide bonds. The van der Waals surface area contributed by atoms with Crippen LogP contribution in [0.4, 0.5) is 4.79 Å². The second-order valence-electron chi connectivity index (χ2n) is 8.09. The monoisotopic (exact) mass is 384 g/mol. The lowest BCUT2D eigenvalue weighted by molar-refractivity contribution is 0.179. The molecule has 0 aliphatic carbocycles. The molecule has 1 N–H and O–H groups in total. The molecule has 4 rings (SSSR count). The van der Waals surface area contributed by atoms with Crippen LogP contribution in [0.5, 0.6) is 0 Å². The highest BCUT2D eigenvalue weighted by Crippen LogP contribution is 2.32. The van der Waals surface area contributed by atoms with E-state index in [1.54, 1.807) is 0 Å². The minimum atomic E-state index is -0.335. The topological polar surface area (TPSA) is 32.3 Å². The van der Waals surface area contributed by atoms with Crippen molar-refractivity contribution in [2.24, 2.45) is 0 Å². The molecule has 29 heavy (non-hydrogen) atoms. The number of carbonyl (C=O) groups excluding carboxylic acids is 1. The Balaban J connectivity index is 1.57. The van der Waals surface area contributed by atoms with Crippen LogP contribution in [0.2, 0.25) is 0 Å². The molecule has 3 heteroatoms. The highest BCUT2D eigenvalue weighted by atomic mass is 16.2. The fourth-order valence-corrected chi connectivity index (χ4v) is 4.26. The molecule has 3 aromatic carbocycles. The highest BCUT2D eigenvalue weighted by molar-refractivity contribution is 5.76. The van der Waals surface area contributed by atoms with Crippen molar-refractivity contribution in [3.8, 4) is 11.1 Å². The van der Waals surface area contributed by atoms with Crippen LogP contribution in [0.25, 0.3) is 11.1 Å². The van der Waals surface area contributed by atoms with Gasteiger partial charge in [-0.15, -0.1) is 0 Å². The Morgan fingerprint density at radius 2 is 1.55 bits per heavy atom. The van der Waals surface area contributed by atoms with E-state index in [0.717, 1.165) is 30.5 Å². The lowest BCUT2D eigenvalue weighted by Crippen LogP contribution is -2.47. The minimum absolute atomic E-state index is 0.00599. The second-order valence-corrected chi connectivity index (χ2v) is 8.09. The Kier molecular flexibility index (Phi) is 5.39. The predicted molar refractivity (Wildman–Crippen MR) is 119 cm³/mol. The normalized spacial score (nSPS) is 20.6. The van der Waals surface area contributed by atoms with E-state index in [-0.39, 0.29) is 17.6 Å². The summed E-state index contributed by atoms with van der Waals surface area (Å²) in [6, 6.07) is 29.2. The number of benzene rings is 3.